The first-order valence-electron chi connectivity index (χ1n) is 24.6. The number of hydrogen-bond acceptors (Lipinski definition) is 3. The molecule has 1 aliphatic rings. The zero-order valence-corrected chi connectivity index (χ0v) is 45.1. The van der Waals surface area contributed by atoms with E-state index in [-0.39, 0.29) is 37.4 Å². The maximum Gasteiger partial charge on any atom is 0.121 e. The van der Waals surface area contributed by atoms with Crippen LogP contribution in [0.2, 0.25) is 19.6 Å². The standard InChI is InChI=1S/C46H39N2O.C17H22NSi.Ir/c1-27(2)34-23-30(29-15-8-7-9-16-29)24-35(28(3)4)43(34)48-41-22-13-12-21-40(41)47-45(48)33-19-14-18-32-37-25-39-36(26-42(37)49-44(32)33)31-17-10-11-20-38(31)46(39,5)6;1-13(2)15-11-16(14-9-7-6-8-10-14)18-12-17(15)19(3,4)5;/h7-18,20-28H,1-6H3;6-9,11-13H,1-5H3;/q2*-1;/i;13D;. The van der Waals surface area contributed by atoms with Gasteiger partial charge in [0, 0.05) is 44.2 Å². The van der Waals surface area contributed by atoms with E-state index in [0.717, 1.165) is 61.2 Å². The molecule has 4 nitrogen and oxygen atoms in total. The Labute approximate surface area is 424 Å². The van der Waals surface area contributed by atoms with Crippen LogP contribution in [-0.2, 0) is 25.5 Å². The third-order valence-electron chi connectivity index (χ3n) is 13.9. The molecule has 1 radical (unpaired) electrons. The smallest absolute Gasteiger partial charge is 0.121 e. The maximum atomic E-state index is 8.44. The Hall–Kier alpha value is -6.17. The Morgan fingerprint density at radius 3 is 2.01 bits per heavy atom. The summed E-state index contributed by atoms with van der Waals surface area (Å²) < 4.78 is 17.7. The number of hydrogen-bond donors (Lipinski definition) is 0. The molecule has 0 bridgehead atoms. The van der Waals surface area contributed by atoms with Crippen molar-refractivity contribution in [2.45, 2.75) is 98.2 Å². The predicted octanol–water partition coefficient (Wildman–Crippen LogP) is 16.8. The second-order valence-corrected chi connectivity index (χ2v) is 25.9. The van der Waals surface area contributed by atoms with Gasteiger partial charge in [0.1, 0.15) is 5.58 Å². The van der Waals surface area contributed by atoms with E-state index < -0.39 is 14.0 Å². The van der Waals surface area contributed by atoms with Gasteiger partial charge in [0.05, 0.1) is 30.5 Å². The zero-order chi connectivity index (χ0) is 48.6. The molecule has 0 fully saturated rings. The monoisotopic (exact) mass is 1100 g/mol. The summed E-state index contributed by atoms with van der Waals surface area (Å²) in [7, 11) is -1.50. The molecule has 0 atom stereocenters. The molecular weight excluding hydrogens is 1040 g/mol. The fraction of sp³-hybridized carbons (Fsp3) is 0.238. The summed E-state index contributed by atoms with van der Waals surface area (Å²) in [6.45, 7) is 24.6. The van der Waals surface area contributed by atoms with E-state index in [1.165, 1.54) is 55.4 Å². The van der Waals surface area contributed by atoms with Crippen molar-refractivity contribution in [1.29, 1.82) is 0 Å². The molecule has 10 aromatic rings. The second-order valence-electron chi connectivity index (χ2n) is 20.8. The molecule has 3 heterocycles. The molecule has 0 N–H and O–H groups in total. The average molecular weight is 1100 g/mol. The molecule has 0 saturated carbocycles. The van der Waals surface area contributed by atoms with Gasteiger partial charge in [-0.25, -0.2) is 0 Å². The van der Waals surface area contributed by atoms with E-state index in [9.17, 15) is 0 Å². The number of nitrogens with zero attached hydrogens (tertiary/aromatic N) is 3. The van der Waals surface area contributed by atoms with Crippen LogP contribution in [-0.4, -0.2) is 22.6 Å². The molecule has 7 aromatic carbocycles. The Morgan fingerprint density at radius 2 is 1.33 bits per heavy atom. The van der Waals surface area contributed by atoms with E-state index in [4.69, 9.17) is 10.8 Å². The number of para-hydroxylation sites is 2. The molecule has 349 valence electrons. The Morgan fingerprint density at radius 1 is 0.652 bits per heavy atom. The van der Waals surface area contributed by atoms with Crippen molar-refractivity contribution < 1.29 is 25.9 Å². The minimum Gasteiger partial charge on any atom is -0.501 e. The molecule has 11 rings (SSSR count). The summed E-state index contributed by atoms with van der Waals surface area (Å²) in [6.07, 6.45) is 1.98. The van der Waals surface area contributed by atoms with Gasteiger partial charge in [-0.1, -0.05) is 164 Å². The van der Waals surface area contributed by atoms with E-state index in [1.54, 1.807) is 0 Å². The van der Waals surface area contributed by atoms with Gasteiger partial charge in [0.2, 0.25) is 0 Å². The number of pyridine rings is 1. The van der Waals surface area contributed by atoms with Gasteiger partial charge >= 0.3 is 0 Å². The molecule has 3 aromatic heterocycles. The molecule has 69 heavy (non-hydrogen) atoms. The molecule has 0 amide bonds. The molecule has 6 heteroatoms. The summed E-state index contributed by atoms with van der Waals surface area (Å²) in [6, 6.07) is 58.3. The van der Waals surface area contributed by atoms with Crippen LogP contribution in [0.3, 0.4) is 0 Å². The first kappa shape index (κ1) is 46.6. The fourth-order valence-electron chi connectivity index (χ4n) is 10.3. The quantitative estimate of drug-likeness (QED) is 0.112. The Bertz CT molecular complexity index is 3530. The number of furan rings is 1. The minimum absolute atomic E-state index is 0. The van der Waals surface area contributed by atoms with E-state index >= 15 is 0 Å². The van der Waals surface area contributed by atoms with Crippen LogP contribution in [0.4, 0.5) is 0 Å². The molecule has 0 saturated heterocycles. The van der Waals surface area contributed by atoms with Gasteiger partial charge in [0.15, 0.2) is 0 Å². The van der Waals surface area contributed by atoms with Gasteiger partial charge < -0.3 is 14.0 Å². The van der Waals surface area contributed by atoms with E-state index in [0.29, 0.717) is 0 Å². The predicted molar refractivity (Wildman–Crippen MR) is 289 cm³/mol. The summed E-state index contributed by atoms with van der Waals surface area (Å²) in [4.78, 5) is 9.96. The first-order valence-corrected chi connectivity index (χ1v) is 27.6. The van der Waals surface area contributed by atoms with Crippen molar-refractivity contribution in [3.05, 3.63) is 192 Å². The van der Waals surface area contributed by atoms with Crippen molar-refractivity contribution >= 4 is 46.2 Å². The topological polar surface area (TPSA) is 43.9 Å². The average Bonchev–Trinajstić information content (AvgIpc) is 3.98. The van der Waals surface area contributed by atoms with Gasteiger partial charge in [0.25, 0.3) is 0 Å². The normalized spacial score (nSPS) is 13.3. The van der Waals surface area contributed by atoms with Crippen LogP contribution >= 0.6 is 0 Å². The Kier molecular flexibility index (Phi) is 12.6. The first-order chi connectivity index (χ1) is 32.9. The molecule has 1 aliphatic carbocycles. The summed E-state index contributed by atoms with van der Waals surface area (Å²) >= 11 is 0. The van der Waals surface area contributed by atoms with Gasteiger partial charge in [-0.2, -0.15) is 0 Å². The van der Waals surface area contributed by atoms with Crippen LogP contribution in [0.1, 0.15) is 102 Å². The summed E-state index contributed by atoms with van der Waals surface area (Å²) in [5.41, 5.74) is 19.0. The van der Waals surface area contributed by atoms with Crippen LogP contribution < -0.4 is 5.19 Å². The number of imidazole rings is 1. The van der Waals surface area contributed by atoms with Crippen LogP contribution in [0.5, 0.6) is 0 Å². The third-order valence-corrected chi connectivity index (χ3v) is 15.9. The largest absolute Gasteiger partial charge is 0.501 e. The molecule has 0 unspecified atom stereocenters. The van der Waals surface area contributed by atoms with Crippen LogP contribution in [0.15, 0.2) is 156 Å². The summed E-state index contributed by atoms with van der Waals surface area (Å²) in [5.74, 6) is 0.803. The van der Waals surface area contributed by atoms with Crippen molar-refractivity contribution in [2.24, 2.45) is 0 Å². The fourth-order valence-corrected chi connectivity index (χ4v) is 11.9. The van der Waals surface area contributed by atoms with Crippen LogP contribution in [0.25, 0.3) is 83.6 Å². The van der Waals surface area contributed by atoms with Gasteiger partial charge in [-0.05, 0) is 110 Å². The van der Waals surface area contributed by atoms with Crippen LogP contribution in [0, 0.1) is 12.1 Å². The molecule has 0 aliphatic heterocycles. The van der Waals surface area contributed by atoms with Crippen molar-refractivity contribution in [3.63, 3.8) is 0 Å². The van der Waals surface area contributed by atoms with Crippen molar-refractivity contribution in [2.75, 3.05) is 0 Å². The van der Waals surface area contributed by atoms with Crippen molar-refractivity contribution in [3.8, 4) is 50.6 Å². The number of fused-ring (bicyclic) bond motifs is 7. The van der Waals surface area contributed by atoms with E-state index in [1.807, 2.05) is 50.4 Å². The third kappa shape index (κ3) is 8.56. The maximum absolute atomic E-state index is 8.44. The Balaban J connectivity index is 0.000000244. The number of benzene rings is 7. The zero-order valence-electron chi connectivity index (χ0n) is 42.7. The second kappa shape index (κ2) is 18.6. The van der Waals surface area contributed by atoms with E-state index in [2.05, 4.69) is 198 Å². The van der Waals surface area contributed by atoms with Gasteiger partial charge in [-0.3, -0.25) is 4.98 Å². The van der Waals surface area contributed by atoms with Crippen molar-refractivity contribution in [1.82, 2.24) is 14.5 Å². The number of rotatable bonds is 8. The SMILES string of the molecule is CC(C)c1cc(-c2ccccc2)cc(C(C)C)c1-n1c(-c2[c-]ccc3c2oc2cc4c(cc23)C(C)(C)c2ccccc2-4)nc2ccccc21.[2H]C(C)(C)c1cc(-c2[c-]cccc2)ncc1[Si](C)(C)C.[Ir]. The minimum atomic E-state index is -1.50. The summed E-state index contributed by atoms with van der Waals surface area (Å²) in [5, 5.41) is 3.49. The van der Waals surface area contributed by atoms with Gasteiger partial charge in [-0.15, -0.1) is 54.1 Å². The molecular formula is C63H61IrN3OSi-2. The molecule has 0 spiro atoms. The number of aromatic nitrogens is 3.